The molecule has 0 aromatic carbocycles. The van der Waals surface area contributed by atoms with Crippen molar-refractivity contribution >= 4 is 0 Å². The molecule has 2 atom stereocenters. The van der Waals surface area contributed by atoms with Crippen molar-refractivity contribution in [3.63, 3.8) is 0 Å². The van der Waals surface area contributed by atoms with E-state index in [1.54, 1.807) is 0 Å². The van der Waals surface area contributed by atoms with Crippen molar-refractivity contribution in [1.29, 1.82) is 0 Å². The van der Waals surface area contributed by atoms with Crippen molar-refractivity contribution in [3.05, 3.63) is 0 Å². The van der Waals surface area contributed by atoms with Crippen molar-refractivity contribution in [2.45, 2.75) is 44.9 Å². The molecule has 4 heteroatoms. The van der Waals surface area contributed by atoms with Crippen molar-refractivity contribution in [1.82, 2.24) is 15.1 Å². The van der Waals surface area contributed by atoms with Crippen LogP contribution in [0.5, 0.6) is 0 Å². The Hall–Kier alpha value is -0.160. The lowest BCUT2D eigenvalue weighted by molar-refractivity contribution is -0.0422. The monoisotopic (exact) mass is 255 g/mol. The van der Waals surface area contributed by atoms with E-state index in [1.165, 1.54) is 32.7 Å². The Morgan fingerprint density at radius 1 is 1.06 bits per heavy atom. The Labute approximate surface area is 112 Å². The number of hydrogen-bond acceptors (Lipinski definition) is 4. The van der Waals surface area contributed by atoms with Crippen molar-refractivity contribution in [2.24, 2.45) is 0 Å². The van der Waals surface area contributed by atoms with Gasteiger partial charge in [0.1, 0.15) is 0 Å². The molecule has 2 saturated heterocycles. The van der Waals surface area contributed by atoms with E-state index in [-0.39, 0.29) is 0 Å². The van der Waals surface area contributed by atoms with E-state index in [0.29, 0.717) is 18.2 Å². The highest BCUT2D eigenvalue weighted by atomic mass is 16.5. The fourth-order valence-corrected chi connectivity index (χ4v) is 3.07. The SMILES string of the molecule is CC1CC(NCCN2CCN(C)CC2)CC(C)O1. The molecule has 2 aliphatic heterocycles. The van der Waals surface area contributed by atoms with Crippen LogP contribution < -0.4 is 5.32 Å². The molecule has 2 unspecified atom stereocenters. The van der Waals surface area contributed by atoms with E-state index in [1.807, 2.05) is 0 Å². The predicted octanol–water partition coefficient (Wildman–Crippen LogP) is 0.779. The van der Waals surface area contributed by atoms with Gasteiger partial charge in [-0.15, -0.1) is 0 Å². The predicted molar refractivity (Wildman–Crippen MR) is 75.0 cm³/mol. The molecule has 2 heterocycles. The molecule has 1 N–H and O–H groups in total. The van der Waals surface area contributed by atoms with Crippen LogP contribution in [-0.4, -0.2) is 74.4 Å². The van der Waals surface area contributed by atoms with Gasteiger partial charge in [-0.1, -0.05) is 0 Å². The van der Waals surface area contributed by atoms with E-state index in [9.17, 15) is 0 Å². The Morgan fingerprint density at radius 2 is 1.67 bits per heavy atom. The summed E-state index contributed by atoms with van der Waals surface area (Å²) < 4.78 is 5.77. The maximum atomic E-state index is 5.77. The number of likely N-dealkylation sites (N-methyl/N-ethyl adjacent to an activating group) is 1. The molecular weight excluding hydrogens is 226 g/mol. The van der Waals surface area contributed by atoms with Crippen LogP contribution in [-0.2, 0) is 4.74 Å². The first kappa shape index (κ1) is 14.3. The third-order valence-corrected chi connectivity index (χ3v) is 4.15. The minimum absolute atomic E-state index is 0.412. The largest absolute Gasteiger partial charge is 0.375 e. The maximum Gasteiger partial charge on any atom is 0.0565 e. The summed E-state index contributed by atoms with van der Waals surface area (Å²) in [7, 11) is 2.21. The molecule has 2 rings (SSSR count). The van der Waals surface area contributed by atoms with Gasteiger partial charge in [0.2, 0.25) is 0 Å². The summed E-state index contributed by atoms with van der Waals surface area (Å²) in [5.41, 5.74) is 0. The summed E-state index contributed by atoms with van der Waals surface area (Å²) >= 11 is 0. The molecule has 0 saturated carbocycles. The molecule has 0 aromatic rings. The summed E-state index contributed by atoms with van der Waals surface area (Å²) in [6.45, 7) is 11.5. The zero-order chi connectivity index (χ0) is 13.0. The molecule has 0 spiro atoms. The molecule has 0 radical (unpaired) electrons. The standard InChI is InChI=1S/C14H29N3O/c1-12-10-14(11-13(2)18-12)15-4-5-17-8-6-16(3)7-9-17/h12-15H,4-11H2,1-3H3. The van der Waals surface area contributed by atoms with E-state index >= 15 is 0 Å². The Morgan fingerprint density at radius 3 is 2.28 bits per heavy atom. The lowest BCUT2D eigenvalue weighted by atomic mass is 10.00. The molecular formula is C14H29N3O. The number of rotatable bonds is 4. The van der Waals surface area contributed by atoms with Gasteiger partial charge in [0.05, 0.1) is 12.2 Å². The molecule has 2 fully saturated rings. The minimum Gasteiger partial charge on any atom is -0.375 e. The lowest BCUT2D eigenvalue weighted by Gasteiger charge is -2.35. The summed E-state index contributed by atoms with van der Waals surface area (Å²) in [5, 5.41) is 3.71. The Kier molecular flexibility index (Phi) is 5.42. The number of piperazine rings is 1. The van der Waals surface area contributed by atoms with Crippen LogP contribution in [0.4, 0.5) is 0 Å². The summed E-state index contributed by atoms with van der Waals surface area (Å²) in [4.78, 5) is 4.98. The summed E-state index contributed by atoms with van der Waals surface area (Å²) in [6.07, 6.45) is 3.14. The van der Waals surface area contributed by atoms with Gasteiger partial charge in [-0.05, 0) is 33.7 Å². The first-order chi connectivity index (χ1) is 8.63. The van der Waals surface area contributed by atoms with E-state index in [2.05, 4.69) is 36.0 Å². The highest BCUT2D eigenvalue weighted by molar-refractivity contribution is 4.79. The molecule has 0 aliphatic carbocycles. The quantitative estimate of drug-likeness (QED) is 0.803. The molecule has 2 aliphatic rings. The van der Waals surface area contributed by atoms with Crippen LogP contribution >= 0.6 is 0 Å². The third-order valence-electron chi connectivity index (χ3n) is 4.15. The van der Waals surface area contributed by atoms with Gasteiger partial charge in [-0.3, -0.25) is 4.90 Å². The van der Waals surface area contributed by atoms with Crippen LogP contribution in [0.1, 0.15) is 26.7 Å². The number of nitrogens with one attached hydrogen (secondary N) is 1. The normalized spacial score (nSPS) is 35.8. The molecule has 18 heavy (non-hydrogen) atoms. The van der Waals surface area contributed by atoms with Crippen molar-refractivity contribution in [3.8, 4) is 0 Å². The topological polar surface area (TPSA) is 27.7 Å². The van der Waals surface area contributed by atoms with Gasteiger partial charge in [0.15, 0.2) is 0 Å². The van der Waals surface area contributed by atoms with Gasteiger partial charge in [-0.25, -0.2) is 0 Å². The summed E-state index contributed by atoms with van der Waals surface area (Å²) in [5.74, 6) is 0. The first-order valence-corrected chi connectivity index (χ1v) is 7.43. The Balaban J connectivity index is 1.60. The van der Waals surface area contributed by atoms with Crippen LogP contribution in [0.3, 0.4) is 0 Å². The fraction of sp³-hybridized carbons (Fsp3) is 1.00. The van der Waals surface area contributed by atoms with Crippen molar-refractivity contribution in [2.75, 3.05) is 46.3 Å². The lowest BCUT2D eigenvalue weighted by Crippen LogP contribution is -2.48. The maximum absolute atomic E-state index is 5.77. The molecule has 4 nitrogen and oxygen atoms in total. The van der Waals surface area contributed by atoms with E-state index in [4.69, 9.17) is 4.74 Å². The number of ether oxygens (including phenoxy) is 1. The van der Waals surface area contributed by atoms with Crippen LogP contribution in [0, 0.1) is 0 Å². The summed E-state index contributed by atoms with van der Waals surface area (Å²) in [6, 6.07) is 0.649. The molecule has 0 amide bonds. The second-order valence-electron chi connectivity index (χ2n) is 6.02. The highest BCUT2D eigenvalue weighted by Crippen LogP contribution is 2.18. The zero-order valence-electron chi connectivity index (χ0n) is 12.2. The Bertz CT molecular complexity index is 231. The van der Waals surface area contributed by atoms with Gasteiger partial charge < -0.3 is 15.0 Å². The van der Waals surface area contributed by atoms with Gasteiger partial charge >= 0.3 is 0 Å². The third kappa shape index (κ3) is 4.50. The van der Waals surface area contributed by atoms with E-state index in [0.717, 1.165) is 19.4 Å². The van der Waals surface area contributed by atoms with Gasteiger partial charge in [0, 0.05) is 45.3 Å². The first-order valence-electron chi connectivity index (χ1n) is 7.43. The van der Waals surface area contributed by atoms with Gasteiger partial charge in [-0.2, -0.15) is 0 Å². The van der Waals surface area contributed by atoms with Gasteiger partial charge in [0.25, 0.3) is 0 Å². The second-order valence-corrected chi connectivity index (χ2v) is 6.02. The fourth-order valence-electron chi connectivity index (χ4n) is 3.07. The number of hydrogen-bond donors (Lipinski definition) is 1. The molecule has 0 bridgehead atoms. The minimum atomic E-state index is 0.412. The van der Waals surface area contributed by atoms with Crippen LogP contribution in [0.15, 0.2) is 0 Å². The second kappa shape index (κ2) is 6.85. The average Bonchev–Trinajstić information content (AvgIpc) is 2.30. The van der Waals surface area contributed by atoms with Crippen molar-refractivity contribution < 1.29 is 4.74 Å². The molecule has 106 valence electrons. The number of nitrogens with zero attached hydrogens (tertiary/aromatic N) is 2. The zero-order valence-corrected chi connectivity index (χ0v) is 12.2. The smallest absolute Gasteiger partial charge is 0.0565 e. The van der Waals surface area contributed by atoms with Crippen LogP contribution in [0.2, 0.25) is 0 Å². The van der Waals surface area contributed by atoms with Crippen LogP contribution in [0.25, 0.3) is 0 Å². The average molecular weight is 255 g/mol. The highest BCUT2D eigenvalue weighted by Gasteiger charge is 2.24. The van der Waals surface area contributed by atoms with E-state index < -0.39 is 0 Å². The molecule has 0 aromatic heterocycles.